The van der Waals surface area contributed by atoms with Gasteiger partial charge in [0, 0.05) is 0 Å². The molecule has 0 atom stereocenters. The van der Waals surface area contributed by atoms with E-state index in [1.807, 2.05) is 0 Å². The van der Waals surface area contributed by atoms with Crippen LogP contribution in [0, 0.1) is 0 Å². The molecule has 0 aromatic rings. The van der Waals surface area contributed by atoms with E-state index in [9.17, 15) is 19.2 Å². The van der Waals surface area contributed by atoms with Crippen molar-refractivity contribution in [2.24, 2.45) is 20.0 Å². The van der Waals surface area contributed by atoms with Crippen molar-refractivity contribution in [2.75, 3.05) is 39.4 Å². The highest BCUT2D eigenvalue weighted by molar-refractivity contribution is 7.89. The van der Waals surface area contributed by atoms with Crippen LogP contribution in [0.25, 0.3) is 0 Å². The molecule has 0 saturated carbocycles. The van der Waals surface area contributed by atoms with Crippen LogP contribution in [0.4, 0.5) is 0 Å². The van der Waals surface area contributed by atoms with Gasteiger partial charge in [0.05, 0.1) is 39.4 Å². The Kier molecular flexibility index (Phi) is 32.4. The van der Waals surface area contributed by atoms with E-state index in [0.717, 1.165) is 38.0 Å². The maximum atomic E-state index is 9.81. The zero-order valence-corrected chi connectivity index (χ0v) is 18.8. The molecule has 10 nitrogen and oxygen atoms in total. The third-order valence-corrected chi connectivity index (χ3v) is 4.24. The molecule has 31 heavy (non-hydrogen) atoms. The van der Waals surface area contributed by atoms with Crippen LogP contribution in [0.2, 0.25) is 0 Å². The number of hydrogen-bond donors (Lipinski definition) is 0. The van der Waals surface area contributed by atoms with Crippen LogP contribution in [0.3, 0.4) is 0 Å². The van der Waals surface area contributed by atoms with Gasteiger partial charge in [0.1, 0.15) is 0 Å². The van der Waals surface area contributed by atoms with Gasteiger partial charge in [0.15, 0.2) is 12.3 Å². The number of hydrogen-bond acceptors (Lipinski definition) is 11. The highest BCUT2D eigenvalue weighted by atomic mass is 32.2. The summed E-state index contributed by atoms with van der Waals surface area (Å²) in [6.45, 7) is 2.33. The smallest absolute Gasteiger partial charge is 0.235 e. The third-order valence-electron chi connectivity index (χ3n) is 3.72. The van der Waals surface area contributed by atoms with Crippen molar-refractivity contribution in [3.05, 3.63) is 0 Å². The molecule has 174 valence electrons. The number of rotatable bonds is 21. The summed E-state index contributed by atoms with van der Waals surface area (Å²) in [5.74, 6) is 0. The number of carbonyl (C=O) groups excluding carboxylic acids is 4. The van der Waals surface area contributed by atoms with E-state index in [4.69, 9.17) is 8.37 Å². The Hall–Kier alpha value is -2.21. The fraction of sp³-hybridized carbons (Fsp3) is 0.800. The lowest BCUT2D eigenvalue weighted by Gasteiger charge is -2.01. The molecule has 0 aliphatic heterocycles. The van der Waals surface area contributed by atoms with E-state index < -0.39 is 0 Å². The summed E-state index contributed by atoms with van der Waals surface area (Å²) in [5, 5.41) is 0. The van der Waals surface area contributed by atoms with Crippen LogP contribution in [-0.2, 0) is 27.5 Å². The number of aliphatic imine (C=N–C) groups is 4. The van der Waals surface area contributed by atoms with Crippen molar-refractivity contribution in [1.82, 2.24) is 0 Å². The average molecular weight is 457 g/mol. The van der Waals surface area contributed by atoms with Crippen molar-refractivity contribution in [3.63, 3.8) is 0 Å². The van der Waals surface area contributed by atoms with Crippen LogP contribution in [0.15, 0.2) is 20.0 Å². The van der Waals surface area contributed by atoms with Crippen molar-refractivity contribution >= 4 is 36.6 Å². The van der Waals surface area contributed by atoms with Crippen molar-refractivity contribution in [2.45, 2.75) is 64.2 Å². The maximum absolute atomic E-state index is 9.81. The summed E-state index contributed by atoms with van der Waals surface area (Å²) in [4.78, 5) is 52.3. The molecule has 0 fully saturated rings. The molecule has 0 heterocycles. The highest BCUT2D eigenvalue weighted by Crippen LogP contribution is 2.10. The predicted molar refractivity (Wildman–Crippen MR) is 118 cm³/mol. The summed E-state index contributed by atoms with van der Waals surface area (Å²) in [6, 6.07) is 0. The molecule has 0 bridgehead atoms. The van der Waals surface area contributed by atoms with Crippen LogP contribution in [0.5, 0.6) is 0 Å². The average Bonchev–Trinajstić information content (AvgIpc) is 2.79. The second-order valence-electron chi connectivity index (χ2n) is 6.14. The summed E-state index contributed by atoms with van der Waals surface area (Å²) < 4.78 is 9.60. The Balaban J connectivity index is 0. The van der Waals surface area contributed by atoms with Gasteiger partial charge in [-0.05, 0) is 12.8 Å². The quantitative estimate of drug-likeness (QED) is 0.111. The Morgan fingerprint density at radius 1 is 0.452 bits per heavy atom. The molecule has 0 amide bonds. The minimum atomic E-state index is 0.256. The van der Waals surface area contributed by atoms with Crippen LogP contribution in [-0.4, -0.2) is 63.7 Å². The van der Waals surface area contributed by atoms with Crippen LogP contribution >= 0.6 is 12.3 Å². The number of nitrogens with zero attached hydrogens (tertiary/aromatic N) is 4. The van der Waals surface area contributed by atoms with Crippen molar-refractivity contribution in [3.8, 4) is 0 Å². The van der Waals surface area contributed by atoms with Crippen molar-refractivity contribution < 1.29 is 27.5 Å². The van der Waals surface area contributed by atoms with Gasteiger partial charge in [-0.1, -0.05) is 51.4 Å². The molecule has 0 rings (SSSR count). The third kappa shape index (κ3) is 35.6. The Bertz CT molecular complexity index is 532. The molecule has 0 N–H and O–H groups in total. The minimum absolute atomic E-state index is 0.256. The van der Waals surface area contributed by atoms with E-state index in [1.54, 1.807) is 12.2 Å². The first-order chi connectivity index (χ1) is 15.3. The second-order valence-corrected chi connectivity index (χ2v) is 6.75. The van der Waals surface area contributed by atoms with Gasteiger partial charge in [-0.2, -0.15) is 0 Å². The molecular formula is C20H32N4O6S. The Morgan fingerprint density at radius 2 is 0.742 bits per heavy atom. The molecule has 0 radical (unpaired) electrons. The van der Waals surface area contributed by atoms with Gasteiger partial charge >= 0.3 is 0 Å². The monoisotopic (exact) mass is 456 g/mol. The zero-order chi connectivity index (χ0) is 23.1. The topological polar surface area (TPSA) is 136 Å². The molecule has 0 unspecified atom stereocenters. The van der Waals surface area contributed by atoms with Crippen LogP contribution < -0.4 is 0 Å². The standard InChI is InChI=1S/C14H24N2O2.C6H8N2O4S/c17-13-15-11-9-7-5-3-1-2-4-6-8-10-12-16-14-18;9-5-7-1-3-11-13-12-4-2-8-6-10/h1-12H2;1-4H2. The summed E-state index contributed by atoms with van der Waals surface area (Å²) in [5.41, 5.74) is 0. The molecule has 0 aliphatic rings. The molecule has 0 saturated heterocycles. The predicted octanol–water partition coefficient (Wildman–Crippen LogP) is 3.81. The molecule has 0 spiro atoms. The zero-order valence-electron chi connectivity index (χ0n) is 18.0. The summed E-state index contributed by atoms with van der Waals surface area (Å²) in [6.07, 6.45) is 17.8. The van der Waals surface area contributed by atoms with Gasteiger partial charge in [-0.15, -0.1) is 0 Å². The Morgan fingerprint density at radius 3 is 1.06 bits per heavy atom. The Labute approximate surface area is 188 Å². The first-order valence-corrected chi connectivity index (χ1v) is 11.1. The number of unbranched alkanes of at least 4 members (excludes halogenated alkanes) is 9. The van der Waals surface area contributed by atoms with Gasteiger partial charge in [0.25, 0.3) is 0 Å². The molecule has 0 aromatic carbocycles. The van der Waals surface area contributed by atoms with E-state index in [0.29, 0.717) is 13.1 Å². The molecule has 0 aromatic heterocycles. The summed E-state index contributed by atoms with van der Waals surface area (Å²) in [7, 11) is 0. The number of isocyanates is 4. The lowest BCUT2D eigenvalue weighted by atomic mass is 10.1. The van der Waals surface area contributed by atoms with Gasteiger partial charge in [-0.3, -0.25) is 8.37 Å². The summed E-state index contributed by atoms with van der Waals surface area (Å²) >= 11 is 0.774. The largest absolute Gasteiger partial charge is 0.289 e. The molecule has 11 heteroatoms. The van der Waals surface area contributed by atoms with E-state index in [-0.39, 0.29) is 26.3 Å². The first-order valence-electron chi connectivity index (χ1n) is 10.4. The highest BCUT2D eigenvalue weighted by Gasteiger charge is 1.93. The molecular weight excluding hydrogens is 424 g/mol. The van der Waals surface area contributed by atoms with Gasteiger partial charge in [0.2, 0.25) is 24.3 Å². The fourth-order valence-corrected chi connectivity index (χ4v) is 2.60. The molecule has 0 aliphatic carbocycles. The maximum Gasteiger partial charge on any atom is 0.235 e. The van der Waals surface area contributed by atoms with E-state index >= 15 is 0 Å². The lowest BCUT2D eigenvalue weighted by Crippen LogP contribution is -1.95. The fourth-order valence-electron chi connectivity index (χ4n) is 2.25. The first kappa shape index (κ1) is 31.0. The van der Waals surface area contributed by atoms with Crippen molar-refractivity contribution in [1.29, 1.82) is 0 Å². The second kappa shape index (κ2) is 32.5. The van der Waals surface area contributed by atoms with Gasteiger partial charge in [-0.25, -0.2) is 39.1 Å². The SMILES string of the molecule is O=C=NCCCCCCCCCCCCN=C=O.O=C=NCCOSOCCN=C=O. The van der Waals surface area contributed by atoms with E-state index in [2.05, 4.69) is 20.0 Å². The van der Waals surface area contributed by atoms with E-state index in [1.165, 1.54) is 50.7 Å². The van der Waals surface area contributed by atoms with Gasteiger partial charge < -0.3 is 0 Å². The van der Waals surface area contributed by atoms with Crippen LogP contribution in [0.1, 0.15) is 64.2 Å². The lowest BCUT2D eigenvalue weighted by molar-refractivity contribution is 0.297. The minimum Gasteiger partial charge on any atom is -0.289 e. The normalized spacial score (nSPS) is 9.16.